The molecule has 2 rings (SSSR count). The van der Waals surface area contributed by atoms with E-state index in [0.717, 1.165) is 0 Å². The largest absolute Gasteiger partial charge is 0.433 e. The van der Waals surface area contributed by atoms with Crippen molar-refractivity contribution < 1.29 is 9.34 Å². The van der Waals surface area contributed by atoms with Crippen LogP contribution >= 0.6 is 0 Å². The minimum atomic E-state index is -0.661. The van der Waals surface area contributed by atoms with Gasteiger partial charge in [0.1, 0.15) is 11.0 Å². The third kappa shape index (κ3) is 2.45. The van der Waals surface area contributed by atoms with Gasteiger partial charge in [0.15, 0.2) is 5.76 Å². The lowest BCUT2D eigenvalue weighted by molar-refractivity contribution is -0.402. The summed E-state index contributed by atoms with van der Waals surface area (Å²) in [6, 6.07) is 13.3. The Hall–Kier alpha value is -3.07. The molecule has 94 valence electrons. The summed E-state index contributed by atoms with van der Waals surface area (Å²) in [6.07, 6.45) is 0. The lowest BCUT2D eigenvalue weighted by Gasteiger charge is -2.02. The van der Waals surface area contributed by atoms with Crippen molar-refractivity contribution in [3.05, 3.63) is 63.9 Å². The molecule has 1 heterocycles. The molecule has 6 heteroatoms. The summed E-state index contributed by atoms with van der Waals surface area (Å²) in [7, 11) is 0. The van der Waals surface area contributed by atoms with Crippen molar-refractivity contribution in [3.63, 3.8) is 0 Å². The number of nitrogens with two attached hydrogens (primary N) is 1. The van der Waals surface area contributed by atoms with Crippen LogP contribution < -0.4 is 5.73 Å². The fourth-order valence-corrected chi connectivity index (χ4v) is 1.58. The van der Waals surface area contributed by atoms with Crippen molar-refractivity contribution >= 4 is 17.2 Å². The summed E-state index contributed by atoms with van der Waals surface area (Å²) in [6.45, 7) is 0. The normalized spacial score (nSPS) is 11.5. The van der Waals surface area contributed by atoms with Gasteiger partial charge in [-0.15, -0.1) is 0 Å². The standard InChI is InChI=1S/C13H9N3O3/c14-8-10(9-4-2-1-3-5-9)13(15)11-6-7-12(19-11)16(17)18/h1-7H,15H2/b13-10-. The van der Waals surface area contributed by atoms with Gasteiger partial charge in [-0.1, -0.05) is 30.3 Å². The third-order valence-electron chi connectivity index (χ3n) is 2.48. The van der Waals surface area contributed by atoms with Gasteiger partial charge < -0.3 is 10.2 Å². The van der Waals surface area contributed by atoms with Crippen LogP contribution in [-0.2, 0) is 0 Å². The zero-order chi connectivity index (χ0) is 13.8. The number of nitro groups is 1. The van der Waals surface area contributed by atoms with E-state index in [0.29, 0.717) is 5.56 Å². The van der Waals surface area contributed by atoms with Crippen molar-refractivity contribution in [1.82, 2.24) is 0 Å². The highest BCUT2D eigenvalue weighted by atomic mass is 16.6. The molecule has 1 aromatic carbocycles. The topological polar surface area (TPSA) is 106 Å². The number of nitriles is 1. The number of hydrogen-bond donors (Lipinski definition) is 1. The molecule has 0 saturated heterocycles. The molecule has 19 heavy (non-hydrogen) atoms. The molecule has 0 aliphatic rings. The molecule has 0 saturated carbocycles. The van der Waals surface area contributed by atoms with Gasteiger partial charge in [0.2, 0.25) is 0 Å². The van der Waals surface area contributed by atoms with E-state index >= 15 is 0 Å². The van der Waals surface area contributed by atoms with Crippen molar-refractivity contribution in [2.24, 2.45) is 5.73 Å². The quantitative estimate of drug-likeness (QED) is 0.515. The van der Waals surface area contributed by atoms with E-state index in [2.05, 4.69) is 0 Å². The highest BCUT2D eigenvalue weighted by molar-refractivity contribution is 5.94. The zero-order valence-electron chi connectivity index (χ0n) is 9.74. The van der Waals surface area contributed by atoms with Gasteiger partial charge in [-0.3, -0.25) is 10.1 Å². The Bertz CT molecular complexity index is 681. The summed E-state index contributed by atoms with van der Waals surface area (Å²) in [5.41, 5.74) is 6.75. The first-order valence-corrected chi connectivity index (χ1v) is 5.33. The SMILES string of the molecule is N#C/C(=C(/N)c1ccc([N+](=O)[O-])o1)c1ccccc1. The Morgan fingerprint density at radius 2 is 1.95 bits per heavy atom. The van der Waals surface area contributed by atoms with Crippen molar-refractivity contribution in [3.8, 4) is 6.07 Å². The van der Waals surface area contributed by atoms with Crippen LogP contribution in [0.25, 0.3) is 11.3 Å². The van der Waals surface area contributed by atoms with E-state index in [9.17, 15) is 10.1 Å². The van der Waals surface area contributed by atoms with Crippen LogP contribution in [0.15, 0.2) is 46.9 Å². The molecule has 0 atom stereocenters. The second-order valence-corrected chi connectivity index (χ2v) is 3.66. The van der Waals surface area contributed by atoms with Crippen LogP contribution in [0, 0.1) is 21.4 Å². The molecule has 0 bridgehead atoms. The zero-order valence-corrected chi connectivity index (χ0v) is 9.74. The van der Waals surface area contributed by atoms with Crippen LogP contribution in [0.4, 0.5) is 5.88 Å². The van der Waals surface area contributed by atoms with Crippen LogP contribution in [-0.4, -0.2) is 4.92 Å². The van der Waals surface area contributed by atoms with Crippen LogP contribution in [0.1, 0.15) is 11.3 Å². The van der Waals surface area contributed by atoms with Gasteiger partial charge in [0, 0.05) is 0 Å². The Morgan fingerprint density at radius 1 is 1.26 bits per heavy atom. The second-order valence-electron chi connectivity index (χ2n) is 3.66. The molecule has 2 N–H and O–H groups in total. The van der Waals surface area contributed by atoms with E-state index in [1.54, 1.807) is 24.3 Å². The van der Waals surface area contributed by atoms with Crippen molar-refractivity contribution in [1.29, 1.82) is 5.26 Å². The fourth-order valence-electron chi connectivity index (χ4n) is 1.58. The molecule has 0 aliphatic carbocycles. The first-order chi connectivity index (χ1) is 9.13. The number of nitrogens with zero attached hydrogens (tertiary/aromatic N) is 2. The molecule has 0 radical (unpaired) electrons. The minimum absolute atomic E-state index is 0.0711. The van der Waals surface area contributed by atoms with Gasteiger partial charge in [-0.2, -0.15) is 5.26 Å². The van der Waals surface area contributed by atoms with E-state index in [4.69, 9.17) is 15.4 Å². The molecule has 0 amide bonds. The predicted molar refractivity (Wildman–Crippen MR) is 68.4 cm³/mol. The second kappa shape index (κ2) is 5.06. The number of furan rings is 1. The molecule has 0 aliphatic heterocycles. The maximum atomic E-state index is 10.5. The maximum Gasteiger partial charge on any atom is 0.433 e. The highest BCUT2D eigenvalue weighted by Gasteiger charge is 2.16. The molecule has 2 aromatic rings. The van der Waals surface area contributed by atoms with Gasteiger partial charge >= 0.3 is 5.88 Å². The molecular weight excluding hydrogens is 246 g/mol. The number of rotatable bonds is 3. The minimum Gasteiger partial charge on any atom is -0.399 e. The molecular formula is C13H9N3O3. The van der Waals surface area contributed by atoms with Gasteiger partial charge in [0.25, 0.3) is 0 Å². The Kier molecular flexibility index (Phi) is 3.30. The monoisotopic (exact) mass is 255 g/mol. The van der Waals surface area contributed by atoms with E-state index in [1.807, 2.05) is 12.1 Å². The Labute approximate surface area is 108 Å². The number of benzene rings is 1. The average molecular weight is 255 g/mol. The van der Waals surface area contributed by atoms with Crippen LogP contribution in [0.5, 0.6) is 0 Å². The lowest BCUT2D eigenvalue weighted by atomic mass is 10.0. The summed E-state index contributed by atoms with van der Waals surface area (Å²) >= 11 is 0. The van der Waals surface area contributed by atoms with E-state index in [1.165, 1.54) is 12.1 Å². The molecule has 0 fully saturated rings. The third-order valence-corrected chi connectivity index (χ3v) is 2.48. The molecule has 0 unspecified atom stereocenters. The summed E-state index contributed by atoms with van der Waals surface area (Å²) < 4.78 is 4.98. The van der Waals surface area contributed by atoms with Crippen molar-refractivity contribution in [2.45, 2.75) is 0 Å². The van der Waals surface area contributed by atoms with E-state index < -0.39 is 10.8 Å². The summed E-state index contributed by atoms with van der Waals surface area (Å²) in [4.78, 5) is 9.87. The molecule has 1 aromatic heterocycles. The summed E-state index contributed by atoms with van der Waals surface area (Å²) in [5, 5.41) is 19.7. The molecule has 0 spiro atoms. The lowest BCUT2D eigenvalue weighted by Crippen LogP contribution is -1.99. The highest BCUT2D eigenvalue weighted by Crippen LogP contribution is 2.25. The smallest absolute Gasteiger partial charge is 0.399 e. The van der Waals surface area contributed by atoms with Gasteiger partial charge in [-0.25, -0.2) is 0 Å². The first kappa shape index (κ1) is 12.4. The Balaban J connectivity index is 2.49. The Morgan fingerprint density at radius 3 is 2.47 bits per heavy atom. The van der Waals surface area contributed by atoms with Crippen LogP contribution in [0.2, 0.25) is 0 Å². The molecule has 6 nitrogen and oxygen atoms in total. The fraction of sp³-hybridized carbons (Fsp3) is 0. The maximum absolute atomic E-state index is 10.5. The average Bonchev–Trinajstić information content (AvgIpc) is 2.90. The van der Waals surface area contributed by atoms with Crippen LogP contribution in [0.3, 0.4) is 0 Å². The number of hydrogen-bond acceptors (Lipinski definition) is 5. The number of allylic oxidation sites excluding steroid dienone is 1. The predicted octanol–water partition coefficient (Wildman–Crippen LogP) is 2.54. The van der Waals surface area contributed by atoms with Gasteiger partial charge in [0.05, 0.1) is 17.3 Å². The van der Waals surface area contributed by atoms with Gasteiger partial charge in [-0.05, 0) is 11.6 Å². The van der Waals surface area contributed by atoms with E-state index in [-0.39, 0.29) is 17.0 Å². The summed E-state index contributed by atoms with van der Waals surface area (Å²) in [5.74, 6) is -0.310. The first-order valence-electron chi connectivity index (χ1n) is 5.33. The van der Waals surface area contributed by atoms with Crippen molar-refractivity contribution in [2.75, 3.05) is 0 Å².